The number of alkyl halides is 1. The second-order valence-corrected chi connectivity index (χ2v) is 6.33. The molecule has 2 aliphatic rings. The molecule has 0 spiro atoms. The first-order valence-corrected chi connectivity index (χ1v) is 7.54. The summed E-state index contributed by atoms with van der Waals surface area (Å²) in [5, 5.41) is 3.37. The Bertz CT molecular complexity index is 233. The van der Waals surface area contributed by atoms with Crippen LogP contribution >= 0.6 is 0 Å². The van der Waals surface area contributed by atoms with E-state index in [0.717, 1.165) is 44.7 Å². The summed E-state index contributed by atoms with van der Waals surface area (Å²) < 4.78 is 15.1. The zero-order valence-corrected chi connectivity index (χ0v) is 11.5. The fourth-order valence-electron chi connectivity index (χ4n) is 3.84. The molecule has 1 aliphatic carbocycles. The van der Waals surface area contributed by atoms with Crippen LogP contribution < -0.4 is 5.32 Å². The predicted molar refractivity (Wildman–Crippen MR) is 70.8 cm³/mol. The molecule has 1 saturated heterocycles. The van der Waals surface area contributed by atoms with Crippen molar-refractivity contribution in [2.45, 2.75) is 64.5 Å². The maximum Gasteiger partial charge on any atom is 0.115 e. The maximum atomic E-state index is 15.1. The van der Waals surface area contributed by atoms with Crippen molar-refractivity contribution in [1.29, 1.82) is 0 Å². The van der Waals surface area contributed by atoms with E-state index in [1.807, 2.05) is 6.92 Å². The standard InChI is InChI=1S/C15H28FN/c1-3-12-6-4-7-13(10-12)15(2,16)14-8-5-9-17-11-14/h12-14,17H,3-11H2,1-2H3. The van der Waals surface area contributed by atoms with Gasteiger partial charge in [-0.3, -0.25) is 0 Å². The smallest absolute Gasteiger partial charge is 0.115 e. The van der Waals surface area contributed by atoms with E-state index in [1.54, 1.807) is 0 Å². The quantitative estimate of drug-likeness (QED) is 0.789. The van der Waals surface area contributed by atoms with E-state index in [1.165, 1.54) is 19.3 Å². The zero-order chi connectivity index (χ0) is 12.3. The van der Waals surface area contributed by atoms with Crippen molar-refractivity contribution < 1.29 is 4.39 Å². The van der Waals surface area contributed by atoms with E-state index < -0.39 is 5.67 Å². The Morgan fingerprint density at radius 1 is 1.18 bits per heavy atom. The Morgan fingerprint density at radius 3 is 2.59 bits per heavy atom. The van der Waals surface area contributed by atoms with E-state index in [0.29, 0.717) is 5.92 Å². The van der Waals surface area contributed by atoms with Gasteiger partial charge in [-0.15, -0.1) is 0 Å². The molecular weight excluding hydrogens is 213 g/mol. The average molecular weight is 241 g/mol. The predicted octanol–water partition coefficient (Wildman–Crippen LogP) is 3.93. The molecule has 0 amide bonds. The summed E-state index contributed by atoms with van der Waals surface area (Å²) in [4.78, 5) is 0. The Hall–Kier alpha value is -0.110. The highest BCUT2D eigenvalue weighted by molar-refractivity contribution is 4.94. The number of halogens is 1. The number of piperidine rings is 1. The number of nitrogens with one attached hydrogen (secondary N) is 1. The second kappa shape index (κ2) is 5.69. The molecule has 2 heteroatoms. The lowest BCUT2D eigenvalue weighted by Gasteiger charge is -2.43. The van der Waals surface area contributed by atoms with Gasteiger partial charge in [0.1, 0.15) is 5.67 Å². The van der Waals surface area contributed by atoms with Gasteiger partial charge in [-0.2, -0.15) is 0 Å². The van der Waals surface area contributed by atoms with E-state index in [9.17, 15) is 0 Å². The summed E-state index contributed by atoms with van der Waals surface area (Å²) in [5.74, 6) is 1.34. The molecule has 0 aromatic rings. The Labute approximate surface area is 106 Å². The molecule has 4 unspecified atom stereocenters. The molecule has 1 nitrogen and oxygen atoms in total. The van der Waals surface area contributed by atoms with Gasteiger partial charge in [0.15, 0.2) is 0 Å². The molecule has 2 fully saturated rings. The Morgan fingerprint density at radius 2 is 1.94 bits per heavy atom. The summed E-state index contributed by atoms with van der Waals surface area (Å²) in [6, 6.07) is 0. The number of hydrogen-bond acceptors (Lipinski definition) is 1. The first-order chi connectivity index (χ1) is 8.14. The van der Waals surface area contributed by atoms with E-state index in [-0.39, 0.29) is 5.92 Å². The average Bonchev–Trinajstić information content (AvgIpc) is 2.40. The highest BCUT2D eigenvalue weighted by Gasteiger charge is 2.43. The van der Waals surface area contributed by atoms with Crippen molar-refractivity contribution in [3.8, 4) is 0 Å². The first-order valence-electron chi connectivity index (χ1n) is 7.54. The Kier molecular flexibility index (Phi) is 4.46. The van der Waals surface area contributed by atoms with Gasteiger partial charge in [0, 0.05) is 12.5 Å². The maximum absolute atomic E-state index is 15.1. The molecule has 4 atom stereocenters. The van der Waals surface area contributed by atoms with Gasteiger partial charge in [-0.25, -0.2) is 4.39 Å². The number of rotatable bonds is 3. The molecule has 2 rings (SSSR count). The summed E-state index contributed by atoms with van der Waals surface area (Å²) in [5.41, 5.74) is -0.943. The van der Waals surface area contributed by atoms with Crippen LogP contribution in [0.2, 0.25) is 0 Å². The van der Waals surface area contributed by atoms with Crippen molar-refractivity contribution in [2.24, 2.45) is 17.8 Å². The van der Waals surface area contributed by atoms with E-state index in [2.05, 4.69) is 12.2 Å². The molecule has 0 aromatic heterocycles. The lowest BCUT2D eigenvalue weighted by atomic mass is 9.68. The van der Waals surface area contributed by atoms with Crippen LogP contribution in [0.1, 0.15) is 58.8 Å². The van der Waals surface area contributed by atoms with Crippen LogP contribution in [0.5, 0.6) is 0 Å². The third-order valence-electron chi connectivity index (χ3n) is 5.25. The van der Waals surface area contributed by atoms with Crippen LogP contribution in [-0.4, -0.2) is 18.8 Å². The SMILES string of the molecule is CCC1CCCC(C(C)(F)C2CCCNC2)C1. The van der Waals surface area contributed by atoms with Crippen molar-refractivity contribution in [1.82, 2.24) is 5.32 Å². The topological polar surface area (TPSA) is 12.0 Å². The lowest BCUT2D eigenvalue weighted by Crippen LogP contribution is -2.47. The summed E-state index contributed by atoms with van der Waals surface area (Å²) in [6.45, 7) is 6.10. The molecule has 0 bridgehead atoms. The largest absolute Gasteiger partial charge is 0.316 e. The fraction of sp³-hybridized carbons (Fsp3) is 1.00. The molecule has 1 heterocycles. The van der Waals surface area contributed by atoms with Gasteiger partial charge in [-0.1, -0.05) is 26.2 Å². The molecule has 1 saturated carbocycles. The van der Waals surface area contributed by atoms with Crippen LogP contribution in [0.15, 0.2) is 0 Å². The molecule has 17 heavy (non-hydrogen) atoms. The molecule has 0 radical (unpaired) electrons. The van der Waals surface area contributed by atoms with Crippen molar-refractivity contribution in [3.63, 3.8) is 0 Å². The Balaban J connectivity index is 1.97. The van der Waals surface area contributed by atoms with Crippen LogP contribution in [0.3, 0.4) is 0 Å². The van der Waals surface area contributed by atoms with Crippen LogP contribution in [-0.2, 0) is 0 Å². The highest BCUT2D eigenvalue weighted by atomic mass is 19.1. The third-order valence-corrected chi connectivity index (χ3v) is 5.25. The lowest BCUT2D eigenvalue weighted by molar-refractivity contribution is -0.00635. The summed E-state index contributed by atoms with van der Waals surface area (Å²) >= 11 is 0. The first kappa shape index (κ1) is 13.3. The second-order valence-electron chi connectivity index (χ2n) is 6.33. The van der Waals surface area contributed by atoms with E-state index >= 15 is 4.39 Å². The van der Waals surface area contributed by atoms with Gasteiger partial charge in [0.2, 0.25) is 0 Å². The fourth-order valence-corrected chi connectivity index (χ4v) is 3.84. The van der Waals surface area contributed by atoms with Gasteiger partial charge < -0.3 is 5.32 Å². The van der Waals surface area contributed by atoms with Gasteiger partial charge in [-0.05, 0) is 51.0 Å². The minimum Gasteiger partial charge on any atom is -0.316 e. The number of hydrogen-bond donors (Lipinski definition) is 1. The summed E-state index contributed by atoms with van der Waals surface area (Å²) in [6.07, 6.45) is 8.26. The highest BCUT2D eigenvalue weighted by Crippen LogP contribution is 2.44. The van der Waals surface area contributed by atoms with Crippen molar-refractivity contribution in [3.05, 3.63) is 0 Å². The molecule has 100 valence electrons. The molecular formula is C15H28FN. The van der Waals surface area contributed by atoms with E-state index in [4.69, 9.17) is 0 Å². The van der Waals surface area contributed by atoms with Crippen molar-refractivity contribution >= 4 is 0 Å². The molecule has 1 N–H and O–H groups in total. The van der Waals surface area contributed by atoms with Crippen molar-refractivity contribution in [2.75, 3.05) is 13.1 Å². The third kappa shape index (κ3) is 3.01. The van der Waals surface area contributed by atoms with Gasteiger partial charge in [0.25, 0.3) is 0 Å². The van der Waals surface area contributed by atoms with Gasteiger partial charge >= 0.3 is 0 Å². The minimum atomic E-state index is -0.943. The molecule has 1 aliphatic heterocycles. The zero-order valence-electron chi connectivity index (χ0n) is 11.5. The van der Waals surface area contributed by atoms with Gasteiger partial charge in [0.05, 0.1) is 0 Å². The van der Waals surface area contributed by atoms with Crippen LogP contribution in [0, 0.1) is 17.8 Å². The summed E-state index contributed by atoms with van der Waals surface area (Å²) in [7, 11) is 0. The normalized spacial score (nSPS) is 38.6. The molecule has 0 aromatic carbocycles. The van der Waals surface area contributed by atoms with Crippen LogP contribution in [0.25, 0.3) is 0 Å². The van der Waals surface area contributed by atoms with Crippen LogP contribution in [0.4, 0.5) is 4.39 Å². The monoisotopic (exact) mass is 241 g/mol. The minimum absolute atomic E-state index is 0.247.